The molecule has 0 fully saturated rings. The van der Waals surface area contributed by atoms with E-state index in [9.17, 15) is 27.4 Å². The molecule has 232 valence electrons. The quantitative estimate of drug-likeness (QED) is 0.229. The van der Waals surface area contributed by atoms with Crippen LogP contribution in [0.2, 0.25) is 0 Å². The van der Waals surface area contributed by atoms with Gasteiger partial charge in [0.1, 0.15) is 11.6 Å². The van der Waals surface area contributed by atoms with Crippen molar-refractivity contribution >= 4 is 60.7 Å². The van der Waals surface area contributed by atoms with E-state index in [0.717, 1.165) is 0 Å². The smallest absolute Gasteiger partial charge is 0.310 e. The van der Waals surface area contributed by atoms with Gasteiger partial charge in [0, 0.05) is 48.8 Å². The minimum atomic E-state index is -1.25. The standard InChI is InChI=1S/C12H18BrFN2OS.C10H12BrFN2O.C4H6O3.CH4/c1-12(2,3)18(17)16-11(7-15)8-4-9(13)6-10(14)5-8;1-6(15)14-5-10(13)7-2-8(11)4-9(12)3-7;1-3(5)7-4(2)6;/h4-6,11,16H,7,15H2,1-3H3;2-4,10H,5,13H2,1H3,(H,14,15);1-2H3;1H4/t11-,18+;10-;;/m11../s1. The molecule has 9 nitrogen and oxygen atoms in total. The Morgan fingerprint density at radius 2 is 1.37 bits per heavy atom. The summed E-state index contributed by atoms with van der Waals surface area (Å²) in [6.07, 6.45) is 0. The fraction of sp³-hybridized carbons (Fsp3) is 0.444. The highest BCUT2D eigenvalue weighted by atomic mass is 79.9. The van der Waals surface area contributed by atoms with Crippen LogP contribution in [-0.4, -0.2) is 39.9 Å². The molecule has 0 aliphatic rings. The molecule has 2 aromatic rings. The molecule has 3 atom stereocenters. The Morgan fingerprint density at radius 3 is 1.71 bits per heavy atom. The predicted octanol–water partition coefficient (Wildman–Crippen LogP) is 5.10. The van der Waals surface area contributed by atoms with Gasteiger partial charge in [-0.1, -0.05) is 39.3 Å². The second kappa shape index (κ2) is 19.9. The molecule has 0 aliphatic carbocycles. The van der Waals surface area contributed by atoms with Crippen LogP contribution >= 0.6 is 31.9 Å². The van der Waals surface area contributed by atoms with E-state index in [1.54, 1.807) is 12.1 Å². The SMILES string of the molecule is C.CC(=O)NC[C@@H](N)c1cc(F)cc(Br)c1.CC(=O)OC(C)=O.CC(C)(C)[S@](=O)N[C@H](CN)c1cc(F)cc(Br)c1. The Hall–Kier alpha value is -2.10. The van der Waals surface area contributed by atoms with Crippen LogP contribution in [0, 0.1) is 11.6 Å². The number of nitrogens with two attached hydrogens (primary N) is 2. The summed E-state index contributed by atoms with van der Waals surface area (Å²) < 4.78 is 46.1. The van der Waals surface area contributed by atoms with Crippen molar-refractivity contribution in [2.75, 3.05) is 13.1 Å². The van der Waals surface area contributed by atoms with Crippen LogP contribution in [-0.2, 0) is 30.1 Å². The molecule has 0 heterocycles. The van der Waals surface area contributed by atoms with Crippen LogP contribution in [0.1, 0.15) is 72.2 Å². The summed E-state index contributed by atoms with van der Waals surface area (Å²) in [6, 6.07) is 8.25. The largest absolute Gasteiger partial charge is 0.394 e. The summed E-state index contributed by atoms with van der Waals surface area (Å²) in [7, 11) is -1.25. The summed E-state index contributed by atoms with van der Waals surface area (Å²) in [4.78, 5) is 30.3. The van der Waals surface area contributed by atoms with E-state index in [0.29, 0.717) is 26.6 Å². The first kappa shape index (κ1) is 41.0. The highest BCUT2D eigenvalue weighted by Gasteiger charge is 2.23. The molecule has 2 aromatic carbocycles. The number of nitrogens with one attached hydrogen (secondary N) is 2. The minimum Gasteiger partial charge on any atom is -0.394 e. The number of esters is 2. The molecule has 0 bridgehead atoms. The monoisotopic (exact) mass is 728 g/mol. The zero-order chi connectivity index (χ0) is 31.2. The Balaban J connectivity index is 0. The lowest BCUT2D eigenvalue weighted by Gasteiger charge is -2.23. The second-order valence-electron chi connectivity index (χ2n) is 9.32. The zero-order valence-corrected chi connectivity index (χ0v) is 27.1. The van der Waals surface area contributed by atoms with Gasteiger partial charge in [-0.25, -0.2) is 17.7 Å². The van der Waals surface area contributed by atoms with Crippen LogP contribution in [0.4, 0.5) is 8.78 Å². The minimum absolute atomic E-state index is 0. The molecule has 0 saturated heterocycles. The summed E-state index contributed by atoms with van der Waals surface area (Å²) in [5, 5.41) is 2.58. The van der Waals surface area contributed by atoms with Gasteiger partial charge < -0.3 is 21.5 Å². The van der Waals surface area contributed by atoms with Gasteiger partial charge in [0.25, 0.3) is 0 Å². The number of benzene rings is 2. The Labute approximate surface area is 260 Å². The lowest BCUT2D eigenvalue weighted by molar-refractivity contribution is -0.156. The van der Waals surface area contributed by atoms with E-state index in [2.05, 4.69) is 46.6 Å². The van der Waals surface area contributed by atoms with Crippen molar-refractivity contribution in [2.24, 2.45) is 11.5 Å². The van der Waals surface area contributed by atoms with E-state index in [1.165, 1.54) is 45.0 Å². The van der Waals surface area contributed by atoms with Crippen molar-refractivity contribution < 1.29 is 32.1 Å². The summed E-state index contributed by atoms with van der Waals surface area (Å²) in [5.41, 5.74) is 12.8. The van der Waals surface area contributed by atoms with Crippen molar-refractivity contribution in [3.8, 4) is 0 Å². The number of carbonyl (C=O) groups is 3. The molecule has 2 rings (SSSR count). The highest BCUT2D eigenvalue weighted by Crippen LogP contribution is 2.22. The predicted molar refractivity (Wildman–Crippen MR) is 166 cm³/mol. The molecule has 14 heteroatoms. The zero-order valence-electron chi connectivity index (χ0n) is 23.1. The second-order valence-corrected chi connectivity index (χ2v) is 13.2. The van der Waals surface area contributed by atoms with Crippen LogP contribution in [0.25, 0.3) is 0 Å². The molecule has 0 saturated carbocycles. The summed E-state index contributed by atoms with van der Waals surface area (Å²) in [6.45, 7) is 9.92. The van der Waals surface area contributed by atoms with Crippen LogP contribution in [0.3, 0.4) is 0 Å². The highest BCUT2D eigenvalue weighted by molar-refractivity contribution is 9.10. The first-order chi connectivity index (χ1) is 18.3. The lowest BCUT2D eigenvalue weighted by Crippen LogP contribution is -2.38. The van der Waals surface area contributed by atoms with Gasteiger partial charge in [0.15, 0.2) is 0 Å². The fourth-order valence-electron chi connectivity index (χ4n) is 2.70. The maximum atomic E-state index is 13.3. The van der Waals surface area contributed by atoms with Crippen molar-refractivity contribution in [3.63, 3.8) is 0 Å². The Kier molecular flexibility index (Phi) is 19.9. The average molecular weight is 731 g/mol. The molecule has 0 unspecified atom stereocenters. The third kappa shape index (κ3) is 18.9. The van der Waals surface area contributed by atoms with Gasteiger partial charge in [0.05, 0.1) is 21.8 Å². The van der Waals surface area contributed by atoms with Crippen LogP contribution in [0.5, 0.6) is 0 Å². The molecule has 0 aliphatic heterocycles. The van der Waals surface area contributed by atoms with E-state index in [1.807, 2.05) is 20.8 Å². The Morgan fingerprint density at radius 1 is 0.927 bits per heavy atom. The van der Waals surface area contributed by atoms with E-state index >= 15 is 0 Å². The maximum Gasteiger partial charge on any atom is 0.310 e. The third-order valence-electron chi connectivity index (χ3n) is 4.50. The topological polar surface area (TPSA) is 154 Å². The van der Waals surface area contributed by atoms with Gasteiger partial charge >= 0.3 is 11.9 Å². The van der Waals surface area contributed by atoms with Gasteiger partial charge in [-0.15, -0.1) is 0 Å². The molecular weight excluding hydrogens is 690 g/mol. The molecule has 41 heavy (non-hydrogen) atoms. The number of hydrogen-bond acceptors (Lipinski definition) is 7. The number of rotatable bonds is 7. The molecular formula is C27H40Br2F2N4O5S. The van der Waals surface area contributed by atoms with Crippen LogP contribution in [0.15, 0.2) is 45.3 Å². The Bertz CT molecular complexity index is 1130. The fourth-order valence-corrected chi connectivity index (χ4v) is 4.51. The van der Waals surface area contributed by atoms with Crippen molar-refractivity contribution in [2.45, 2.75) is 65.8 Å². The van der Waals surface area contributed by atoms with Crippen molar-refractivity contribution in [1.29, 1.82) is 0 Å². The summed E-state index contributed by atoms with van der Waals surface area (Å²) in [5.74, 6) is -1.97. The first-order valence-electron chi connectivity index (χ1n) is 11.8. The van der Waals surface area contributed by atoms with Gasteiger partial charge in [0.2, 0.25) is 5.91 Å². The molecule has 0 spiro atoms. The third-order valence-corrected chi connectivity index (χ3v) is 7.03. The number of amides is 1. The molecule has 0 radical (unpaired) electrons. The molecule has 6 N–H and O–H groups in total. The average Bonchev–Trinajstić information content (AvgIpc) is 2.78. The molecule has 0 aromatic heterocycles. The van der Waals surface area contributed by atoms with Gasteiger partial charge in [-0.2, -0.15) is 0 Å². The lowest BCUT2D eigenvalue weighted by atomic mass is 10.1. The normalized spacial score (nSPS) is 12.6. The van der Waals surface area contributed by atoms with E-state index < -0.39 is 33.7 Å². The summed E-state index contributed by atoms with van der Waals surface area (Å²) >= 11 is 6.41. The van der Waals surface area contributed by atoms with Crippen molar-refractivity contribution in [3.05, 3.63) is 68.1 Å². The van der Waals surface area contributed by atoms with Gasteiger partial charge in [-0.3, -0.25) is 14.4 Å². The number of hydrogen-bond donors (Lipinski definition) is 4. The number of ether oxygens (including phenoxy) is 1. The van der Waals surface area contributed by atoms with Crippen molar-refractivity contribution in [1.82, 2.24) is 10.0 Å². The first-order valence-corrected chi connectivity index (χ1v) is 14.6. The van der Waals surface area contributed by atoms with E-state index in [4.69, 9.17) is 11.5 Å². The number of halogens is 4. The number of carbonyl (C=O) groups excluding carboxylic acids is 3. The van der Waals surface area contributed by atoms with Gasteiger partial charge in [-0.05, 0) is 68.3 Å². The molecule has 1 amide bonds. The maximum absolute atomic E-state index is 13.3. The van der Waals surface area contributed by atoms with E-state index in [-0.39, 0.29) is 37.6 Å². The van der Waals surface area contributed by atoms with Crippen LogP contribution < -0.4 is 21.5 Å².